The minimum Gasteiger partial charge on any atom is -0.491 e. The molecule has 0 saturated carbocycles. The van der Waals surface area contributed by atoms with Crippen molar-refractivity contribution in [3.8, 4) is 34.0 Å². The number of epoxide rings is 2. The summed E-state index contributed by atoms with van der Waals surface area (Å²) >= 11 is 0. The Kier molecular flexibility index (Phi) is 5.19. The summed E-state index contributed by atoms with van der Waals surface area (Å²) < 4.78 is 21.9. The molecule has 2 atom stereocenters. The van der Waals surface area contributed by atoms with Crippen LogP contribution >= 0.6 is 0 Å². The van der Waals surface area contributed by atoms with E-state index in [0.717, 1.165) is 47.2 Å². The van der Waals surface area contributed by atoms with Crippen molar-refractivity contribution in [2.24, 2.45) is 0 Å². The summed E-state index contributed by atoms with van der Waals surface area (Å²) in [6.07, 6.45) is 0.510. The van der Waals surface area contributed by atoms with Crippen LogP contribution in [0.5, 0.6) is 11.5 Å². The van der Waals surface area contributed by atoms with Gasteiger partial charge in [-0.1, -0.05) is 13.8 Å². The molecule has 6 heteroatoms. The van der Waals surface area contributed by atoms with Crippen LogP contribution in [0.2, 0.25) is 0 Å². The van der Waals surface area contributed by atoms with Crippen molar-refractivity contribution < 1.29 is 18.9 Å². The molecule has 0 spiro atoms. The van der Waals surface area contributed by atoms with E-state index in [4.69, 9.17) is 18.9 Å². The third-order valence-electron chi connectivity index (χ3n) is 5.33. The SMILES string of the molecule is CC(C)c1c(-c2ccc(OCC3CO3)cc2)n[nH]c1-c1ccc(OCC2CO2)cc1. The molecule has 6 nitrogen and oxygen atoms in total. The van der Waals surface area contributed by atoms with Gasteiger partial charge in [-0.25, -0.2) is 0 Å². The van der Waals surface area contributed by atoms with E-state index in [1.807, 2.05) is 24.3 Å². The molecule has 3 heterocycles. The average molecular weight is 406 g/mol. The molecule has 1 N–H and O–H groups in total. The van der Waals surface area contributed by atoms with E-state index in [2.05, 4.69) is 48.3 Å². The Balaban J connectivity index is 1.36. The van der Waals surface area contributed by atoms with Gasteiger partial charge in [-0.05, 0) is 54.4 Å². The monoisotopic (exact) mass is 406 g/mol. The van der Waals surface area contributed by atoms with E-state index in [9.17, 15) is 0 Å². The maximum Gasteiger partial charge on any atom is 0.119 e. The Morgan fingerprint density at radius 1 is 0.867 bits per heavy atom. The van der Waals surface area contributed by atoms with E-state index in [0.29, 0.717) is 19.1 Å². The highest BCUT2D eigenvalue weighted by Crippen LogP contribution is 2.36. The molecule has 30 heavy (non-hydrogen) atoms. The zero-order valence-electron chi connectivity index (χ0n) is 17.3. The van der Waals surface area contributed by atoms with Crippen LogP contribution in [0, 0.1) is 0 Å². The van der Waals surface area contributed by atoms with Gasteiger partial charge < -0.3 is 18.9 Å². The summed E-state index contributed by atoms with van der Waals surface area (Å²) in [6.45, 7) is 7.20. The maximum atomic E-state index is 5.75. The second kappa shape index (κ2) is 8.13. The summed E-state index contributed by atoms with van der Waals surface area (Å²) in [5, 5.41) is 7.91. The third kappa shape index (κ3) is 4.35. The zero-order valence-corrected chi connectivity index (χ0v) is 17.3. The van der Waals surface area contributed by atoms with Gasteiger partial charge in [0, 0.05) is 16.7 Å². The number of ether oxygens (including phenoxy) is 4. The quantitative estimate of drug-likeness (QED) is 0.533. The van der Waals surface area contributed by atoms with Crippen molar-refractivity contribution in [2.45, 2.75) is 32.0 Å². The lowest BCUT2D eigenvalue weighted by molar-refractivity contribution is 0.263. The van der Waals surface area contributed by atoms with Crippen molar-refractivity contribution in [2.75, 3.05) is 26.4 Å². The van der Waals surface area contributed by atoms with E-state index in [1.54, 1.807) is 0 Å². The van der Waals surface area contributed by atoms with Crippen LogP contribution in [-0.4, -0.2) is 48.8 Å². The predicted octanol–water partition coefficient (Wildman–Crippen LogP) is 4.42. The van der Waals surface area contributed by atoms with E-state index in [-0.39, 0.29) is 12.2 Å². The molecular weight excluding hydrogens is 380 g/mol. The van der Waals surface area contributed by atoms with Gasteiger partial charge in [0.2, 0.25) is 0 Å². The third-order valence-corrected chi connectivity index (χ3v) is 5.33. The zero-order chi connectivity index (χ0) is 20.5. The highest BCUT2D eigenvalue weighted by Gasteiger charge is 2.24. The van der Waals surface area contributed by atoms with E-state index in [1.165, 1.54) is 5.56 Å². The van der Waals surface area contributed by atoms with Gasteiger partial charge in [0.1, 0.15) is 36.9 Å². The molecule has 0 bridgehead atoms. The summed E-state index contributed by atoms with van der Waals surface area (Å²) in [5.74, 6) is 2.02. The number of nitrogens with zero attached hydrogens (tertiary/aromatic N) is 1. The fraction of sp³-hybridized carbons (Fsp3) is 0.375. The highest BCUT2D eigenvalue weighted by atomic mass is 16.6. The van der Waals surface area contributed by atoms with Gasteiger partial charge >= 0.3 is 0 Å². The first-order valence-electron chi connectivity index (χ1n) is 10.5. The molecule has 2 saturated heterocycles. The number of hydrogen-bond donors (Lipinski definition) is 1. The molecule has 2 fully saturated rings. The summed E-state index contributed by atoms with van der Waals surface area (Å²) in [7, 11) is 0. The van der Waals surface area contributed by atoms with Gasteiger partial charge in [0.05, 0.1) is 24.6 Å². The number of aromatic nitrogens is 2. The molecular formula is C24H26N2O4. The lowest BCUT2D eigenvalue weighted by Crippen LogP contribution is -2.03. The van der Waals surface area contributed by atoms with E-state index >= 15 is 0 Å². The van der Waals surface area contributed by atoms with Crippen LogP contribution in [-0.2, 0) is 9.47 Å². The Hall–Kier alpha value is -2.83. The normalized spacial score (nSPS) is 19.7. The second-order valence-corrected chi connectivity index (χ2v) is 8.10. The number of benzene rings is 2. The van der Waals surface area contributed by atoms with Crippen molar-refractivity contribution >= 4 is 0 Å². The van der Waals surface area contributed by atoms with E-state index < -0.39 is 0 Å². The van der Waals surface area contributed by atoms with Gasteiger partial charge in [-0.2, -0.15) is 5.10 Å². The fourth-order valence-electron chi connectivity index (χ4n) is 3.49. The smallest absolute Gasteiger partial charge is 0.119 e. The average Bonchev–Trinajstić information content (AvgIpc) is 3.70. The van der Waals surface area contributed by atoms with Gasteiger partial charge in [0.15, 0.2) is 0 Å². The van der Waals surface area contributed by atoms with Crippen molar-refractivity contribution in [1.29, 1.82) is 0 Å². The maximum absolute atomic E-state index is 5.75. The molecule has 2 aliphatic heterocycles. The topological polar surface area (TPSA) is 72.2 Å². The van der Waals surface area contributed by atoms with Crippen LogP contribution in [0.3, 0.4) is 0 Å². The molecule has 3 aromatic rings. The van der Waals surface area contributed by atoms with Crippen LogP contribution in [0.15, 0.2) is 48.5 Å². The summed E-state index contributed by atoms with van der Waals surface area (Å²) in [6, 6.07) is 16.2. The molecule has 0 amide bonds. The van der Waals surface area contributed by atoms with Crippen LogP contribution in [0.4, 0.5) is 0 Å². The minimum atomic E-state index is 0.255. The largest absolute Gasteiger partial charge is 0.491 e. The second-order valence-electron chi connectivity index (χ2n) is 8.10. The predicted molar refractivity (Wildman–Crippen MR) is 114 cm³/mol. The molecule has 0 aliphatic carbocycles. The molecule has 2 unspecified atom stereocenters. The lowest BCUT2D eigenvalue weighted by Gasteiger charge is -2.11. The first-order chi connectivity index (χ1) is 14.7. The molecule has 5 rings (SSSR count). The van der Waals surface area contributed by atoms with Crippen molar-refractivity contribution in [3.05, 3.63) is 54.1 Å². The lowest BCUT2D eigenvalue weighted by atomic mass is 9.94. The number of rotatable bonds is 9. The van der Waals surface area contributed by atoms with Crippen LogP contribution in [0.1, 0.15) is 25.3 Å². The summed E-state index contributed by atoms with van der Waals surface area (Å²) in [5.41, 5.74) is 5.39. The molecule has 0 radical (unpaired) electrons. The summed E-state index contributed by atoms with van der Waals surface area (Å²) in [4.78, 5) is 0. The van der Waals surface area contributed by atoms with Gasteiger partial charge in [-0.3, -0.25) is 5.10 Å². The minimum absolute atomic E-state index is 0.255. The first kappa shape index (κ1) is 19.2. The van der Waals surface area contributed by atoms with Gasteiger partial charge in [-0.15, -0.1) is 0 Å². The standard InChI is InChI=1S/C24H26N2O4/c1-15(2)22-23(16-3-7-18(8-4-16)27-11-20-13-29-20)25-26-24(22)17-5-9-19(10-6-17)28-12-21-14-30-21/h3-10,15,20-21H,11-14H2,1-2H3,(H,25,26). The van der Waals surface area contributed by atoms with Crippen molar-refractivity contribution in [1.82, 2.24) is 10.2 Å². The molecule has 2 aliphatic rings. The number of aromatic amines is 1. The molecule has 2 aromatic carbocycles. The van der Waals surface area contributed by atoms with Gasteiger partial charge in [0.25, 0.3) is 0 Å². The number of nitrogens with one attached hydrogen (secondary N) is 1. The Bertz CT molecular complexity index is 910. The Morgan fingerprint density at radius 2 is 1.37 bits per heavy atom. The molecule has 156 valence electrons. The van der Waals surface area contributed by atoms with Crippen LogP contribution in [0.25, 0.3) is 22.5 Å². The Labute approximate surface area is 176 Å². The number of H-pyrrole nitrogens is 1. The highest BCUT2D eigenvalue weighted by molar-refractivity contribution is 5.75. The fourth-order valence-corrected chi connectivity index (χ4v) is 3.49. The number of hydrogen-bond acceptors (Lipinski definition) is 5. The Morgan fingerprint density at radius 3 is 1.83 bits per heavy atom. The first-order valence-corrected chi connectivity index (χ1v) is 10.5. The molecule has 1 aromatic heterocycles. The van der Waals surface area contributed by atoms with Crippen molar-refractivity contribution in [3.63, 3.8) is 0 Å². The van der Waals surface area contributed by atoms with Crippen LogP contribution < -0.4 is 9.47 Å².